The average molecular weight is 358 g/mol. The van der Waals surface area contributed by atoms with Crippen molar-refractivity contribution in [3.63, 3.8) is 0 Å². The van der Waals surface area contributed by atoms with E-state index in [1.165, 1.54) is 25.3 Å². The van der Waals surface area contributed by atoms with Crippen LogP contribution in [0.3, 0.4) is 0 Å². The van der Waals surface area contributed by atoms with E-state index in [0.29, 0.717) is 18.7 Å². The monoisotopic (exact) mass is 358 g/mol. The summed E-state index contributed by atoms with van der Waals surface area (Å²) in [7, 11) is -2.34. The zero-order valence-corrected chi connectivity index (χ0v) is 14.8. The number of carbonyl (C=O) groups excluding carboxylic acids is 1. The van der Waals surface area contributed by atoms with Crippen molar-refractivity contribution >= 4 is 21.5 Å². The van der Waals surface area contributed by atoms with Gasteiger partial charge in [-0.2, -0.15) is 0 Å². The third-order valence-corrected chi connectivity index (χ3v) is 5.86. The molecule has 0 unspecified atom stereocenters. The molecule has 0 radical (unpaired) electrons. The molecule has 1 aliphatic heterocycles. The first-order chi connectivity index (χ1) is 11.9. The molecule has 3 rings (SSSR count). The van der Waals surface area contributed by atoms with Gasteiger partial charge in [-0.25, -0.2) is 13.4 Å². The molecule has 0 saturated carbocycles. The van der Waals surface area contributed by atoms with Crippen LogP contribution in [0, 0.1) is 6.92 Å². The highest BCUT2D eigenvalue weighted by molar-refractivity contribution is 7.91. The van der Waals surface area contributed by atoms with E-state index in [1.807, 2.05) is 6.92 Å². The Hall–Kier alpha value is -2.51. The number of rotatable bonds is 3. The van der Waals surface area contributed by atoms with Crippen LogP contribution in [0.1, 0.15) is 27.0 Å². The van der Waals surface area contributed by atoms with Crippen molar-refractivity contribution < 1.29 is 17.9 Å². The quantitative estimate of drug-likeness (QED) is 0.568. The Morgan fingerprint density at radius 1 is 1.12 bits per heavy atom. The van der Waals surface area contributed by atoms with E-state index in [1.54, 1.807) is 18.2 Å². The Balaban J connectivity index is 2.21. The number of nitrogens with two attached hydrogens (primary N) is 1. The average Bonchev–Trinajstić information content (AvgIpc) is 2.60. The van der Waals surface area contributed by atoms with Gasteiger partial charge in [0.1, 0.15) is 0 Å². The number of aryl methyl sites for hydroxylation is 1. The number of aliphatic imine (C=N–C) groups is 1. The predicted octanol–water partition coefficient (Wildman–Crippen LogP) is 1.72. The molecular weight excluding hydrogens is 340 g/mol. The molecule has 2 aromatic carbocycles. The number of ketones is 1. The SMILES string of the molecule is COC(=NCCN)c1ccc2c(c1)S(=O)(=O)c1ccc(C)cc1C2=O. The van der Waals surface area contributed by atoms with Gasteiger partial charge >= 0.3 is 0 Å². The first-order valence-corrected chi connectivity index (χ1v) is 9.22. The standard InChI is InChI=1S/C18H18N2O4S/c1-11-3-6-15-14(9-11)17(21)13-5-4-12(10-16(13)25(15,22)23)18(24-2)20-8-7-19/h3-6,9-10H,7-8,19H2,1-2H3. The Bertz CT molecular complexity index is 994. The Morgan fingerprint density at radius 3 is 2.56 bits per heavy atom. The summed E-state index contributed by atoms with van der Waals surface area (Å²) in [5.74, 6) is -0.0152. The fourth-order valence-corrected chi connectivity index (χ4v) is 4.48. The summed E-state index contributed by atoms with van der Waals surface area (Å²) in [6, 6.07) is 9.34. The molecule has 0 fully saturated rings. The summed E-state index contributed by atoms with van der Waals surface area (Å²) < 4.78 is 31.2. The predicted molar refractivity (Wildman–Crippen MR) is 94.0 cm³/mol. The fraction of sp³-hybridized carbons (Fsp3) is 0.222. The third-order valence-electron chi connectivity index (χ3n) is 4.01. The first kappa shape index (κ1) is 17.3. The van der Waals surface area contributed by atoms with Crippen LogP contribution in [0.4, 0.5) is 0 Å². The van der Waals surface area contributed by atoms with Crippen LogP contribution < -0.4 is 5.73 Å². The van der Waals surface area contributed by atoms with E-state index in [4.69, 9.17) is 10.5 Å². The number of fused-ring (bicyclic) bond motifs is 2. The molecule has 6 nitrogen and oxygen atoms in total. The lowest BCUT2D eigenvalue weighted by molar-refractivity contribution is 0.103. The number of methoxy groups -OCH3 is 1. The second-order valence-corrected chi connectivity index (χ2v) is 7.61. The van der Waals surface area contributed by atoms with Crippen molar-refractivity contribution in [1.29, 1.82) is 0 Å². The summed E-state index contributed by atoms with van der Waals surface area (Å²) >= 11 is 0. The lowest BCUT2D eigenvalue weighted by atomic mass is 9.99. The van der Waals surface area contributed by atoms with E-state index in [9.17, 15) is 13.2 Å². The summed E-state index contributed by atoms with van der Waals surface area (Å²) in [6.45, 7) is 2.52. The molecule has 0 aliphatic carbocycles. The van der Waals surface area contributed by atoms with Gasteiger partial charge in [0.25, 0.3) is 0 Å². The molecule has 1 heterocycles. The molecule has 0 amide bonds. The molecule has 25 heavy (non-hydrogen) atoms. The van der Waals surface area contributed by atoms with Crippen molar-refractivity contribution in [1.82, 2.24) is 0 Å². The molecule has 2 N–H and O–H groups in total. The Morgan fingerprint density at radius 2 is 1.88 bits per heavy atom. The first-order valence-electron chi connectivity index (χ1n) is 7.73. The minimum absolute atomic E-state index is 0.0242. The maximum Gasteiger partial charge on any atom is 0.215 e. The zero-order chi connectivity index (χ0) is 18.2. The van der Waals surface area contributed by atoms with Gasteiger partial charge in [0.05, 0.1) is 23.4 Å². The third kappa shape index (κ3) is 2.85. The van der Waals surface area contributed by atoms with Gasteiger partial charge in [0, 0.05) is 23.2 Å². The van der Waals surface area contributed by atoms with Gasteiger partial charge in [-0.1, -0.05) is 11.6 Å². The van der Waals surface area contributed by atoms with Crippen molar-refractivity contribution in [3.05, 3.63) is 58.7 Å². The van der Waals surface area contributed by atoms with Crippen LogP contribution >= 0.6 is 0 Å². The minimum Gasteiger partial charge on any atom is -0.481 e. The molecule has 130 valence electrons. The summed E-state index contributed by atoms with van der Waals surface area (Å²) in [4.78, 5) is 16.9. The van der Waals surface area contributed by atoms with E-state index in [0.717, 1.165) is 5.56 Å². The number of benzene rings is 2. The van der Waals surface area contributed by atoms with Crippen LogP contribution in [0.25, 0.3) is 0 Å². The Kier molecular flexibility index (Phi) is 4.45. The fourth-order valence-electron chi connectivity index (χ4n) is 2.82. The molecule has 0 saturated heterocycles. The highest BCUT2D eigenvalue weighted by Crippen LogP contribution is 2.35. The van der Waals surface area contributed by atoms with Gasteiger partial charge in [-0.15, -0.1) is 0 Å². The Labute approximate surface area is 146 Å². The second kappa shape index (κ2) is 6.42. The largest absolute Gasteiger partial charge is 0.481 e. The number of hydrogen-bond donors (Lipinski definition) is 1. The van der Waals surface area contributed by atoms with Gasteiger partial charge in [0.2, 0.25) is 15.7 Å². The van der Waals surface area contributed by atoms with Crippen molar-refractivity contribution in [2.24, 2.45) is 10.7 Å². The van der Waals surface area contributed by atoms with Crippen molar-refractivity contribution in [3.8, 4) is 0 Å². The van der Waals surface area contributed by atoms with E-state index >= 15 is 0 Å². The molecule has 0 aromatic heterocycles. The molecule has 7 heteroatoms. The smallest absolute Gasteiger partial charge is 0.215 e. The van der Waals surface area contributed by atoms with Crippen LogP contribution in [-0.2, 0) is 14.6 Å². The topological polar surface area (TPSA) is 98.8 Å². The van der Waals surface area contributed by atoms with Crippen LogP contribution in [0.15, 0.2) is 51.2 Å². The van der Waals surface area contributed by atoms with Crippen molar-refractivity contribution in [2.45, 2.75) is 16.7 Å². The summed E-state index contributed by atoms with van der Waals surface area (Å²) in [6.07, 6.45) is 0. The minimum atomic E-state index is -3.79. The van der Waals surface area contributed by atoms with Crippen LogP contribution in [0.5, 0.6) is 0 Å². The molecule has 0 atom stereocenters. The highest BCUT2D eigenvalue weighted by Gasteiger charge is 2.35. The van der Waals surface area contributed by atoms with E-state index in [2.05, 4.69) is 4.99 Å². The molecule has 1 aliphatic rings. The summed E-state index contributed by atoms with van der Waals surface area (Å²) in [5.41, 5.74) is 7.14. The number of nitrogens with zero attached hydrogens (tertiary/aromatic N) is 1. The number of ether oxygens (including phenoxy) is 1. The van der Waals surface area contributed by atoms with E-state index in [-0.39, 0.29) is 32.6 Å². The number of hydrogen-bond acceptors (Lipinski definition) is 6. The zero-order valence-electron chi connectivity index (χ0n) is 13.9. The summed E-state index contributed by atoms with van der Waals surface area (Å²) in [5, 5.41) is 0. The van der Waals surface area contributed by atoms with Gasteiger partial charge < -0.3 is 10.5 Å². The normalized spacial score (nSPS) is 15.5. The van der Waals surface area contributed by atoms with Crippen molar-refractivity contribution in [2.75, 3.05) is 20.2 Å². The van der Waals surface area contributed by atoms with E-state index < -0.39 is 9.84 Å². The lowest BCUT2D eigenvalue weighted by Crippen LogP contribution is -2.21. The molecular formula is C18H18N2O4S. The maximum absolute atomic E-state index is 13.0. The van der Waals surface area contributed by atoms with Gasteiger partial charge in [0.15, 0.2) is 5.78 Å². The van der Waals surface area contributed by atoms with Crippen LogP contribution in [-0.4, -0.2) is 40.3 Å². The maximum atomic E-state index is 13.0. The molecule has 0 bridgehead atoms. The number of carbonyl (C=O) groups is 1. The van der Waals surface area contributed by atoms with Crippen LogP contribution in [0.2, 0.25) is 0 Å². The van der Waals surface area contributed by atoms with Gasteiger partial charge in [-0.05, 0) is 37.3 Å². The second-order valence-electron chi connectivity index (χ2n) is 5.72. The molecule has 2 aromatic rings. The lowest BCUT2D eigenvalue weighted by Gasteiger charge is -2.20. The number of sulfone groups is 1. The molecule has 0 spiro atoms. The highest BCUT2D eigenvalue weighted by atomic mass is 32.2. The van der Waals surface area contributed by atoms with Gasteiger partial charge in [-0.3, -0.25) is 4.79 Å².